The highest BCUT2D eigenvalue weighted by atomic mass is 32.2. The number of ether oxygens (including phenoxy) is 2. The Morgan fingerprint density at radius 1 is 1.23 bits per heavy atom. The third-order valence-electron chi connectivity index (χ3n) is 4.16. The minimum absolute atomic E-state index is 0.0147. The predicted molar refractivity (Wildman–Crippen MR) is 101 cm³/mol. The Morgan fingerprint density at radius 3 is 2.60 bits per heavy atom. The summed E-state index contributed by atoms with van der Waals surface area (Å²) < 4.78 is 75.9. The molecule has 1 unspecified atom stereocenters. The largest absolute Gasteiger partial charge is 0.487 e. The first kappa shape index (κ1) is 22.0. The molecule has 0 aliphatic carbocycles. The van der Waals surface area contributed by atoms with Gasteiger partial charge in [-0.2, -0.15) is 13.2 Å². The molecule has 0 saturated heterocycles. The maximum Gasteiger partial charge on any atom is 0.433 e. The van der Waals surface area contributed by atoms with E-state index in [1.165, 1.54) is 36.9 Å². The van der Waals surface area contributed by atoms with E-state index < -0.39 is 21.7 Å². The van der Waals surface area contributed by atoms with Gasteiger partial charge >= 0.3 is 6.18 Å². The summed E-state index contributed by atoms with van der Waals surface area (Å²) in [4.78, 5) is 11.5. The number of hydrogen-bond acceptors (Lipinski definition) is 7. The summed E-state index contributed by atoms with van der Waals surface area (Å²) >= 11 is 0. The standard InChI is InChI=1S/C18H19F3N4O4S/c1-4-30(26,27)14-5-12(29-11(2)9-28-3)7-22-17(14)13-8-25-10-23-15(18(19,20)21)6-16(25)24-13/h5-8,10-11H,4,9H2,1-3H3. The molecule has 3 aromatic rings. The third kappa shape index (κ3) is 4.54. The molecule has 12 heteroatoms. The van der Waals surface area contributed by atoms with E-state index in [1.807, 2.05) is 0 Å². The molecule has 0 aliphatic rings. The summed E-state index contributed by atoms with van der Waals surface area (Å²) in [5.41, 5.74) is -1.03. The molecule has 0 bridgehead atoms. The van der Waals surface area contributed by atoms with Crippen molar-refractivity contribution in [2.75, 3.05) is 19.5 Å². The van der Waals surface area contributed by atoms with Crippen molar-refractivity contribution in [3.63, 3.8) is 0 Å². The first-order valence-corrected chi connectivity index (χ1v) is 10.5. The molecule has 3 heterocycles. The van der Waals surface area contributed by atoms with Crippen LogP contribution in [-0.2, 0) is 20.8 Å². The number of sulfone groups is 1. The van der Waals surface area contributed by atoms with E-state index in [2.05, 4.69) is 15.0 Å². The zero-order chi connectivity index (χ0) is 22.1. The Bertz CT molecular complexity index is 1160. The molecular formula is C18H19F3N4O4S. The molecule has 0 spiro atoms. The average molecular weight is 444 g/mol. The molecule has 8 nitrogen and oxygen atoms in total. The molecule has 3 rings (SSSR count). The van der Waals surface area contributed by atoms with Gasteiger partial charge in [0.25, 0.3) is 0 Å². The molecule has 30 heavy (non-hydrogen) atoms. The van der Waals surface area contributed by atoms with Crippen LogP contribution in [0.1, 0.15) is 19.5 Å². The van der Waals surface area contributed by atoms with Crippen LogP contribution in [0.3, 0.4) is 0 Å². The molecule has 3 aromatic heterocycles. The number of methoxy groups -OCH3 is 1. The molecular weight excluding hydrogens is 425 g/mol. The lowest BCUT2D eigenvalue weighted by molar-refractivity contribution is -0.141. The molecule has 0 aliphatic heterocycles. The van der Waals surface area contributed by atoms with Gasteiger partial charge in [-0.3, -0.25) is 4.40 Å². The summed E-state index contributed by atoms with van der Waals surface area (Å²) in [5, 5.41) is 0. The van der Waals surface area contributed by atoms with Crippen LogP contribution in [0.25, 0.3) is 17.0 Å². The fraction of sp³-hybridized carbons (Fsp3) is 0.389. The van der Waals surface area contributed by atoms with E-state index >= 15 is 0 Å². The number of fused-ring (bicyclic) bond motifs is 1. The van der Waals surface area contributed by atoms with Crippen molar-refractivity contribution in [3.05, 3.63) is 36.5 Å². The second-order valence-corrected chi connectivity index (χ2v) is 8.72. The average Bonchev–Trinajstić information content (AvgIpc) is 3.10. The molecule has 0 N–H and O–H groups in total. The number of pyridine rings is 1. The molecule has 0 fully saturated rings. The number of aromatic nitrogens is 4. The van der Waals surface area contributed by atoms with E-state index in [9.17, 15) is 21.6 Å². The highest BCUT2D eigenvalue weighted by molar-refractivity contribution is 7.91. The number of rotatable bonds is 7. The molecule has 0 amide bonds. The summed E-state index contributed by atoms with van der Waals surface area (Å²) in [6.45, 7) is 3.51. The van der Waals surface area contributed by atoms with Gasteiger partial charge in [0.1, 0.15) is 40.9 Å². The van der Waals surface area contributed by atoms with Gasteiger partial charge in [-0.25, -0.2) is 23.4 Å². The van der Waals surface area contributed by atoms with E-state index in [1.54, 1.807) is 6.92 Å². The molecule has 1 atom stereocenters. The van der Waals surface area contributed by atoms with Crippen LogP contribution < -0.4 is 4.74 Å². The van der Waals surface area contributed by atoms with Crippen LogP contribution >= 0.6 is 0 Å². The summed E-state index contributed by atoms with van der Waals surface area (Å²) in [6, 6.07) is 2.11. The van der Waals surface area contributed by atoms with Gasteiger partial charge in [-0.05, 0) is 6.92 Å². The van der Waals surface area contributed by atoms with Crippen molar-refractivity contribution in [2.45, 2.75) is 31.0 Å². The summed E-state index contributed by atoms with van der Waals surface area (Å²) in [5.74, 6) is 0.0199. The lowest BCUT2D eigenvalue weighted by Crippen LogP contribution is -2.18. The summed E-state index contributed by atoms with van der Waals surface area (Å²) in [6.07, 6.45) is -1.30. The molecule has 0 radical (unpaired) electrons. The lowest BCUT2D eigenvalue weighted by Gasteiger charge is -2.15. The van der Waals surface area contributed by atoms with Gasteiger partial charge < -0.3 is 9.47 Å². The van der Waals surface area contributed by atoms with Crippen molar-refractivity contribution < 1.29 is 31.1 Å². The zero-order valence-electron chi connectivity index (χ0n) is 16.3. The Kier molecular flexibility index (Phi) is 5.99. The van der Waals surface area contributed by atoms with Crippen molar-refractivity contribution in [2.24, 2.45) is 0 Å². The quantitative estimate of drug-likeness (QED) is 0.553. The maximum atomic E-state index is 12.9. The Labute approximate surface area is 170 Å². The van der Waals surface area contributed by atoms with Gasteiger partial charge in [-0.1, -0.05) is 6.92 Å². The van der Waals surface area contributed by atoms with Crippen molar-refractivity contribution >= 4 is 15.5 Å². The van der Waals surface area contributed by atoms with Crippen molar-refractivity contribution in [1.29, 1.82) is 0 Å². The highest BCUT2D eigenvalue weighted by Gasteiger charge is 2.33. The fourth-order valence-electron chi connectivity index (χ4n) is 2.74. The van der Waals surface area contributed by atoms with E-state index in [0.29, 0.717) is 6.61 Å². The number of alkyl halides is 3. The topological polar surface area (TPSA) is 95.7 Å². The number of nitrogens with zero attached hydrogens (tertiary/aromatic N) is 4. The van der Waals surface area contributed by atoms with Crippen LogP contribution in [0.15, 0.2) is 35.7 Å². The SMILES string of the molecule is CCS(=O)(=O)c1cc(OC(C)COC)cnc1-c1cn2cnc(C(F)(F)F)cc2n1. The number of halogens is 3. The monoisotopic (exact) mass is 444 g/mol. The Balaban J connectivity index is 2.10. The van der Waals surface area contributed by atoms with E-state index in [-0.39, 0.29) is 39.5 Å². The normalized spacial score (nSPS) is 13.5. The van der Waals surface area contributed by atoms with Crippen molar-refractivity contribution in [3.8, 4) is 17.1 Å². The Morgan fingerprint density at radius 2 is 1.97 bits per heavy atom. The second kappa shape index (κ2) is 8.19. The number of hydrogen-bond donors (Lipinski definition) is 0. The first-order chi connectivity index (χ1) is 14.0. The van der Waals surface area contributed by atoms with E-state index in [4.69, 9.17) is 9.47 Å². The minimum atomic E-state index is -4.62. The Hall–Kier alpha value is -2.73. The van der Waals surface area contributed by atoms with Crippen LogP contribution in [0.5, 0.6) is 5.75 Å². The smallest absolute Gasteiger partial charge is 0.433 e. The third-order valence-corrected chi connectivity index (χ3v) is 5.90. The first-order valence-electron chi connectivity index (χ1n) is 8.86. The van der Waals surface area contributed by atoms with Crippen LogP contribution in [0.4, 0.5) is 13.2 Å². The number of imidazole rings is 1. The zero-order valence-corrected chi connectivity index (χ0v) is 17.2. The molecule has 162 valence electrons. The minimum Gasteiger partial charge on any atom is -0.487 e. The molecule has 0 aromatic carbocycles. The maximum absolute atomic E-state index is 12.9. The van der Waals surface area contributed by atoms with Gasteiger partial charge in [0.15, 0.2) is 9.84 Å². The fourth-order valence-corrected chi connectivity index (χ4v) is 3.80. The van der Waals surface area contributed by atoms with Gasteiger partial charge in [0.05, 0.1) is 23.5 Å². The van der Waals surface area contributed by atoms with Crippen LogP contribution in [0, 0.1) is 0 Å². The second-order valence-electron chi connectivity index (χ2n) is 6.47. The van der Waals surface area contributed by atoms with Crippen molar-refractivity contribution in [1.82, 2.24) is 19.4 Å². The highest BCUT2D eigenvalue weighted by Crippen LogP contribution is 2.31. The summed E-state index contributed by atoms with van der Waals surface area (Å²) in [7, 11) is -2.22. The van der Waals surface area contributed by atoms with Gasteiger partial charge in [0, 0.05) is 25.4 Å². The molecule has 0 saturated carbocycles. The van der Waals surface area contributed by atoms with Gasteiger partial charge in [-0.15, -0.1) is 0 Å². The van der Waals surface area contributed by atoms with Gasteiger partial charge in [0.2, 0.25) is 0 Å². The lowest BCUT2D eigenvalue weighted by atomic mass is 10.3. The van der Waals surface area contributed by atoms with Crippen LogP contribution in [0.2, 0.25) is 0 Å². The predicted octanol–water partition coefficient (Wildman–Crippen LogP) is 3.02. The van der Waals surface area contributed by atoms with Crippen LogP contribution in [-0.4, -0.2) is 53.3 Å². The van der Waals surface area contributed by atoms with E-state index in [0.717, 1.165) is 12.4 Å².